The van der Waals surface area contributed by atoms with Crippen LogP contribution in [0.2, 0.25) is 39.3 Å². The van der Waals surface area contributed by atoms with Gasteiger partial charge in [0.2, 0.25) is 0 Å². The van der Waals surface area contributed by atoms with E-state index in [9.17, 15) is 4.57 Å². The molecule has 116 valence electrons. The van der Waals surface area contributed by atoms with Gasteiger partial charge in [0.25, 0.3) is 6.03 Å². The lowest BCUT2D eigenvalue weighted by Gasteiger charge is -2.34. The summed E-state index contributed by atoms with van der Waals surface area (Å²) in [6.07, 6.45) is 0. The van der Waals surface area contributed by atoms with E-state index < -0.39 is 30.3 Å². The smallest absolute Gasteiger partial charge is 0.348 e. The molecule has 0 aromatic rings. The Morgan fingerprint density at radius 2 is 1.16 bits per heavy atom. The van der Waals surface area contributed by atoms with Crippen molar-refractivity contribution in [2.75, 3.05) is 13.2 Å². The summed E-state index contributed by atoms with van der Waals surface area (Å²) in [5.74, 6) is 0. The van der Waals surface area contributed by atoms with Gasteiger partial charge in [-0.3, -0.25) is 4.57 Å². The first-order valence-corrected chi connectivity index (χ1v) is 15.1. The molecule has 0 fully saturated rings. The summed E-state index contributed by atoms with van der Waals surface area (Å²) in [5.41, 5.74) is 0. The zero-order chi connectivity index (χ0) is 15.3. The van der Waals surface area contributed by atoms with Crippen LogP contribution in [0.15, 0.2) is 0 Å². The summed E-state index contributed by atoms with van der Waals surface area (Å²) >= 11 is 0. The molecule has 0 amide bonds. The molecule has 0 aliphatic rings. The molecule has 0 saturated carbocycles. The van der Waals surface area contributed by atoms with Crippen LogP contribution in [0.4, 0.5) is 0 Å². The maximum atomic E-state index is 13.1. The summed E-state index contributed by atoms with van der Waals surface area (Å²) in [4.78, 5) is 0. The predicted octanol–water partition coefficient (Wildman–Crippen LogP) is 4.24. The van der Waals surface area contributed by atoms with Crippen LogP contribution in [-0.2, 0) is 22.5 Å². The van der Waals surface area contributed by atoms with E-state index in [1.807, 2.05) is 53.1 Å². The molecule has 0 aliphatic heterocycles. The highest BCUT2D eigenvalue weighted by Gasteiger charge is 2.44. The Morgan fingerprint density at radius 3 is 1.37 bits per heavy atom. The molecule has 5 nitrogen and oxygen atoms in total. The second-order valence-electron chi connectivity index (χ2n) is 6.16. The van der Waals surface area contributed by atoms with E-state index in [1.165, 1.54) is 0 Å². The molecule has 0 aromatic heterocycles. The van der Waals surface area contributed by atoms with Gasteiger partial charge in [-0.25, -0.2) is 0 Å². The van der Waals surface area contributed by atoms with Gasteiger partial charge in [0, 0.05) is 13.2 Å². The lowest BCUT2D eigenvalue weighted by Crippen LogP contribution is -2.35. The molecule has 8 heteroatoms. The Hall–Kier alpha value is 0.504. The molecule has 0 saturated heterocycles. The zero-order valence-electron chi connectivity index (χ0n) is 13.5. The van der Waals surface area contributed by atoms with E-state index in [2.05, 4.69) is 0 Å². The Bertz CT molecular complexity index is 285. The Morgan fingerprint density at radius 1 is 0.842 bits per heavy atom. The van der Waals surface area contributed by atoms with Gasteiger partial charge in [0.15, 0.2) is 16.6 Å². The summed E-state index contributed by atoms with van der Waals surface area (Å²) < 4.78 is 35.6. The lowest BCUT2D eigenvalue weighted by atomic mass is 10.9. The highest BCUT2D eigenvalue weighted by Crippen LogP contribution is 2.57. The Balaban J connectivity index is 5.27. The number of hydrogen-bond acceptors (Lipinski definition) is 5. The van der Waals surface area contributed by atoms with Crippen molar-refractivity contribution in [1.29, 1.82) is 0 Å². The fourth-order valence-electron chi connectivity index (χ4n) is 1.38. The average molecular weight is 328 g/mol. The topological polar surface area (TPSA) is 54.0 Å². The van der Waals surface area contributed by atoms with Gasteiger partial charge in [0.1, 0.15) is 0 Å². The van der Waals surface area contributed by atoms with Gasteiger partial charge >= 0.3 is 7.60 Å². The Kier molecular flexibility index (Phi) is 7.69. The van der Waals surface area contributed by atoms with E-state index in [4.69, 9.17) is 17.9 Å². The predicted molar refractivity (Wildman–Crippen MR) is 83.5 cm³/mol. The van der Waals surface area contributed by atoms with Crippen LogP contribution >= 0.6 is 7.60 Å². The third kappa shape index (κ3) is 8.39. The fourth-order valence-corrected chi connectivity index (χ4v) is 9.33. The molecule has 0 aliphatic carbocycles. The lowest BCUT2D eigenvalue weighted by molar-refractivity contribution is -0.0922. The molecule has 0 aromatic carbocycles. The monoisotopic (exact) mass is 328 g/mol. The first-order chi connectivity index (χ1) is 8.43. The van der Waals surface area contributed by atoms with Crippen molar-refractivity contribution in [3.05, 3.63) is 0 Å². The third-order valence-corrected chi connectivity index (χ3v) is 8.91. The van der Waals surface area contributed by atoms with Crippen LogP contribution in [0.1, 0.15) is 13.8 Å². The van der Waals surface area contributed by atoms with Crippen molar-refractivity contribution in [1.82, 2.24) is 0 Å². The molecule has 0 N–H and O–H groups in total. The van der Waals surface area contributed by atoms with Gasteiger partial charge < -0.3 is 17.9 Å². The fraction of sp³-hybridized carbons (Fsp3) is 1.00. The quantitative estimate of drug-likeness (QED) is 0.360. The second kappa shape index (κ2) is 7.49. The normalized spacial score (nSPS) is 14.2. The van der Waals surface area contributed by atoms with Crippen molar-refractivity contribution in [3.8, 4) is 0 Å². The third-order valence-electron chi connectivity index (χ3n) is 1.68. The van der Waals surface area contributed by atoms with E-state index in [0.29, 0.717) is 13.2 Å². The van der Waals surface area contributed by atoms with Gasteiger partial charge in [0.05, 0.1) is 0 Å². The van der Waals surface area contributed by atoms with Crippen molar-refractivity contribution < 1.29 is 22.5 Å². The zero-order valence-corrected chi connectivity index (χ0v) is 16.4. The molecular weight excluding hydrogens is 299 g/mol. The maximum absolute atomic E-state index is 13.1. The molecule has 0 atom stereocenters. The highest BCUT2D eigenvalue weighted by molar-refractivity contribution is 7.57. The van der Waals surface area contributed by atoms with Gasteiger partial charge in [-0.15, -0.1) is 0 Å². The minimum absolute atomic E-state index is 0.402. The molecule has 0 radical (unpaired) electrons. The number of ether oxygens (including phenoxy) is 2. The average Bonchev–Trinajstić information content (AvgIpc) is 2.11. The summed E-state index contributed by atoms with van der Waals surface area (Å²) in [5, 5.41) is 0. The number of hydrogen-bond donors (Lipinski definition) is 0. The van der Waals surface area contributed by atoms with E-state index in [-0.39, 0.29) is 0 Å². The van der Waals surface area contributed by atoms with Gasteiger partial charge in [-0.1, -0.05) is 0 Å². The van der Waals surface area contributed by atoms with E-state index >= 15 is 0 Å². The van der Waals surface area contributed by atoms with Crippen molar-refractivity contribution in [2.45, 2.75) is 59.2 Å². The SMILES string of the molecule is CCOC(OCC)P(=O)(O[Si](C)(C)C)O[Si](C)(C)C. The summed E-state index contributed by atoms with van der Waals surface area (Å²) in [6.45, 7) is 16.3. The molecule has 0 heterocycles. The minimum Gasteiger partial charge on any atom is -0.348 e. The summed E-state index contributed by atoms with van der Waals surface area (Å²) in [6, 6.07) is -0.930. The molecule has 19 heavy (non-hydrogen) atoms. The molecule has 0 unspecified atom stereocenters. The molecule has 0 rings (SSSR count). The Labute approximate surface area is 119 Å². The largest absolute Gasteiger partial charge is 0.367 e. The first-order valence-electron chi connectivity index (χ1n) is 6.68. The first kappa shape index (κ1) is 19.5. The second-order valence-corrected chi connectivity index (χ2v) is 17.6. The van der Waals surface area contributed by atoms with Crippen LogP contribution in [0.3, 0.4) is 0 Å². The van der Waals surface area contributed by atoms with Crippen molar-refractivity contribution in [2.24, 2.45) is 0 Å². The van der Waals surface area contributed by atoms with Gasteiger partial charge in [-0.05, 0) is 53.1 Å². The molecule has 0 bridgehead atoms. The molecular formula is C11H29O5PSi2. The van der Waals surface area contributed by atoms with Crippen molar-refractivity contribution in [3.63, 3.8) is 0 Å². The van der Waals surface area contributed by atoms with Crippen LogP contribution in [0.25, 0.3) is 0 Å². The number of rotatable bonds is 9. The standard InChI is InChI=1S/C11H29O5PSi2/c1-9-13-11(14-10-2)17(12,15-18(3,4)5)16-19(6,7)8/h11H,9-10H2,1-8H3. The van der Waals surface area contributed by atoms with Crippen LogP contribution in [-0.4, -0.2) is 35.9 Å². The maximum Gasteiger partial charge on any atom is 0.367 e. The van der Waals surface area contributed by atoms with Crippen LogP contribution in [0, 0.1) is 0 Å². The van der Waals surface area contributed by atoms with E-state index in [0.717, 1.165) is 0 Å². The van der Waals surface area contributed by atoms with Gasteiger partial charge in [-0.2, -0.15) is 0 Å². The highest BCUT2D eigenvalue weighted by atomic mass is 31.2. The van der Waals surface area contributed by atoms with Crippen LogP contribution < -0.4 is 0 Å². The van der Waals surface area contributed by atoms with E-state index in [1.54, 1.807) is 0 Å². The van der Waals surface area contributed by atoms with Crippen LogP contribution in [0.5, 0.6) is 0 Å². The molecule has 0 spiro atoms. The van der Waals surface area contributed by atoms with Crippen molar-refractivity contribution >= 4 is 24.2 Å². The summed E-state index contributed by atoms with van der Waals surface area (Å²) in [7, 11) is -7.50. The minimum atomic E-state index is -3.43.